The number of hydrogen-bond acceptors (Lipinski definition) is 4. The summed E-state index contributed by atoms with van der Waals surface area (Å²) in [6.45, 7) is 0. The Hall–Kier alpha value is -2.90. The zero-order valence-corrected chi connectivity index (χ0v) is 16.1. The summed E-state index contributed by atoms with van der Waals surface area (Å²) in [5.74, 6) is 0.660. The number of aromatic nitrogens is 4. The van der Waals surface area contributed by atoms with Crippen molar-refractivity contribution in [3.05, 3.63) is 93.3 Å². The summed E-state index contributed by atoms with van der Waals surface area (Å²) >= 11 is 9.34. The molecule has 0 unspecified atom stereocenters. The van der Waals surface area contributed by atoms with Crippen molar-refractivity contribution in [1.82, 2.24) is 19.3 Å². The fraction of sp³-hybridized carbons (Fsp3) is 0. The van der Waals surface area contributed by atoms with Gasteiger partial charge in [0.15, 0.2) is 0 Å². The fourth-order valence-corrected chi connectivity index (χ4v) is 3.03. The number of imidazole rings is 1. The molecule has 0 saturated heterocycles. The van der Waals surface area contributed by atoms with Crippen LogP contribution < -0.4 is 10.3 Å². The molecule has 0 amide bonds. The zero-order chi connectivity index (χ0) is 18.8. The molecule has 2 heterocycles. The van der Waals surface area contributed by atoms with E-state index in [2.05, 4.69) is 26.0 Å². The van der Waals surface area contributed by atoms with Crippen molar-refractivity contribution in [2.45, 2.75) is 0 Å². The predicted octanol–water partition coefficient (Wildman–Crippen LogP) is 4.63. The molecule has 0 saturated carbocycles. The maximum absolute atomic E-state index is 13.2. The maximum atomic E-state index is 13.2. The summed E-state index contributed by atoms with van der Waals surface area (Å²) < 4.78 is 9.74. The van der Waals surface area contributed by atoms with E-state index in [-0.39, 0.29) is 5.75 Å². The Kier molecular flexibility index (Phi) is 4.79. The first kappa shape index (κ1) is 17.5. The molecule has 0 atom stereocenters. The zero-order valence-electron chi connectivity index (χ0n) is 13.8. The average molecular weight is 444 g/mol. The van der Waals surface area contributed by atoms with E-state index >= 15 is 0 Å². The van der Waals surface area contributed by atoms with E-state index in [9.17, 15) is 4.79 Å². The summed E-state index contributed by atoms with van der Waals surface area (Å²) in [6, 6.07) is 14.1. The van der Waals surface area contributed by atoms with Crippen LogP contribution in [0.1, 0.15) is 0 Å². The van der Waals surface area contributed by atoms with Crippen LogP contribution in [0.25, 0.3) is 11.4 Å². The lowest BCUT2D eigenvalue weighted by molar-refractivity contribution is 0.464. The second-order valence-electron chi connectivity index (χ2n) is 5.58. The number of halogens is 2. The minimum atomic E-state index is -0.400. The van der Waals surface area contributed by atoms with Crippen molar-refractivity contribution in [1.29, 1.82) is 0 Å². The number of nitrogens with zero attached hydrogens (tertiary/aromatic N) is 4. The Balaban J connectivity index is 1.88. The normalized spacial score (nSPS) is 10.7. The first-order chi connectivity index (χ1) is 13.1. The molecule has 2 aromatic carbocycles. The highest BCUT2D eigenvalue weighted by Crippen LogP contribution is 2.27. The molecule has 4 aromatic rings. The Bertz CT molecular complexity index is 1140. The minimum Gasteiger partial charge on any atom is -0.449 e. The first-order valence-electron chi connectivity index (χ1n) is 7.92. The van der Waals surface area contributed by atoms with Gasteiger partial charge in [0.25, 0.3) is 0 Å². The van der Waals surface area contributed by atoms with Crippen LogP contribution in [0.15, 0.2) is 82.7 Å². The summed E-state index contributed by atoms with van der Waals surface area (Å²) in [7, 11) is 0. The number of rotatable bonds is 4. The monoisotopic (exact) mass is 442 g/mol. The second-order valence-corrected chi connectivity index (χ2v) is 6.93. The smallest absolute Gasteiger partial charge is 0.316 e. The van der Waals surface area contributed by atoms with Crippen molar-refractivity contribution in [2.24, 2.45) is 0 Å². The van der Waals surface area contributed by atoms with E-state index in [0.29, 0.717) is 22.1 Å². The Morgan fingerprint density at radius 1 is 1.11 bits per heavy atom. The van der Waals surface area contributed by atoms with E-state index in [0.717, 1.165) is 4.47 Å². The summed E-state index contributed by atoms with van der Waals surface area (Å²) in [6.07, 6.45) is 6.48. The van der Waals surface area contributed by atoms with Crippen LogP contribution in [0.2, 0.25) is 5.02 Å². The lowest BCUT2D eigenvalue weighted by atomic mass is 10.3. The van der Waals surface area contributed by atoms with Crippen LogP contribution in [0, 0.1) is 0 Å². The molecule has 4 rings (SSSR count). The molecule has 2 aromatic heterocycles. The first-order valence-corrected chi connectivity index (χ1v) is 9.09. The Morgan fingerprint density at radius 3 is 2.63 bits per heavy atom. The van der Waals surface area contributed by atoms with Crippen molar-refractivity contribution in [2.75, 3.05) is 0 Å². The highest BCUT2D eigenvalue weighted by Gasteiger charge is 2.16. The predicted molar refractivity (Wildman–Crippen MR) is 106 cm³/mol. The van der Waals surface area contributed by atoms with Gasteiger partial charge in [0.2, 0.25) is 5.75 Å². The standard InChI is InChI=1S/C19H12BrClN4O2/c20-13-2-1-3-16(10-13)27-18-17(24-9-8-22-12-24)11-23-25(19(18)26)15-6-4-14(21)5-7-15/h1-12H. The third-order valence-electron chi connectivity index (χ3n) is 3.78. The van der Waals surface area contributed by atoms with Crippen molar-refractivity contribution < 1.29 is 4.74 Å². The third kappa shape index (κ3) is 3.65. The maximum Gasteiger partial charge on any atom is 0.316 e. The largest absolute Gasteiger partial charge is 0.449 e. The molecule has 0 radical (unpaired) electrons. The van der Waals surface area contributed by atoms with Crippen LogP contribution in [-0.4, -0.2) is 19.3 Å². The van der Waals surface area contributed by atoms with E-state index in [1.165, 1.54) is 4.68 Å². The Morgan fingerprint density at radius 2 is 1.93 bits per heavy atom. The van der Waals surface area contributed by atoms with Gasteiger partial charge in [-0.25, -0.2) is 4.98 Å². The van der Waals surface area contributed by atoms with E-state index in [1.807, 2.05) is 12.1 Å². The SMILES string of the molecule is O=c1c(Oc2cccc(Br)c2)c(-n2ccnc2)cnn1-c1ccc(Cl)cc1. The molecule has 0 aliphatic rings. The van der Waals surface area contributed by atoms with Crippen LogP contribution in [0.3, 0.4) is 0 Å². The van der Waals surface area contributed by atoms with Gasteiger partial charge in [-0.2, -0.15) is 9.78 Å². The van der Waals surface area contributed by atoms with Crippen LogP contribution in [0.5, 0.6) is 11.5 Å². The second kappa shape index (κ2) is 7.38. The van der Waals surface area contributed by atoms with Gasteiger partial charge in [-0.05, 0) is 42.5 Å². The van der Waals surface area contributed by atoms with Gasteiger partial charge in [0.1, 0.15) is 11.4 Å². The summed E-state index contributed by atoms with van der Waals surface area (Å²) in [5.41, 5.74) is 0.673. The molecule has 0 spiro atoms. The van der Waals surface area contributed by atoms with Crippen LogP contribution in [-0.2, 0) is 0 Å². The average Bonchev–Trinajstić information content (AvgIpc) is 3.19. The lowest BCUT2D eigenvalue weighted by Gasteiger charge is -2.13. The molecule has 0 N–H and O–H groups in total. The van der Waals surface area contributed by atoms with Gasteiger partial charge < -0.3 is 9.30 Å². The van der Waals surface area contributed by atoms with Crippen molar-refractivity contribution in [3.63, 3.8) is 0 Å². The molecule has 0 aliphatic heterocycles. The molecular formula is C19H12BrClN4O2. The van der Waals surface area contributed by atoms with Crippen molar-refractivity contribution >= 4 is 27.5 Å². The molecular weight excluding hydrogens is 432 g/mol. The van der Waals surface area contributed by atoms with Gasteiger partial charge >= 0.3 is 5.56 Å². The topological polar surface area (TPSA) is 61.9 Å². The summed E-state index contributed by atoms with van der Waals surface area (Å²) in [5, 5.41) is 4.85. The molecule has 0 fully saturated rings. The Labute approximate surface area is 167 Å². The minimum absolute atomic E-state index is 0.135. The lowest BCUT2D eigenvalue weighted by Crippen LogP contribution is -2.23. The third-order valence-corrected chi connectivity index (χ3v) is 4.53. The van der Waals surface area contributed by atoms with E-state index in [1.54, 1.807) is 65.9 Å². The molecule has 0 bridgehead atoms. The molecule has 0 aliphatic carbocycles. The van der Waals surface area contributed by atoms with Gasteiger partial charge in [-0.1, -0.05) is 33.6 Å². The van der Waals surface area contributed by atoms with Gasteiger partial charge in [0, 0.05) is 21.9 Å². The molecule has 134 valence electrons. The highest BCUT2D eigenvalue weighted by molar-refractivity contribution is 9.10. The van der Waals surface area contributed by atoms with E-state index in [4.69, 9.17) is 16.3 Å². The van der Waals surface area contributed by atoms with E-state index < -0.39 is 5.56 Å². The van der Waals surface area contributed by atoms with Gasteiger partial charge in [-0.15, -0.1) is 0 Å². The number of ether oxygens (including phenoxy) is 1. The molecule has 27 heavy (non-hydrogen) atoms. The van der Waals surface area contributed by atoms with Crippen molar-refractivity contribution in [3.8, 4) is 22.9 Å². The van der Waals surface area contributed by atoms with Gasteiger partial charge in [-0.3, -0.25) is 4.79 Å². The van der Waals surface area contributed by atoms with Gasteiger partial charge in [0.05, 0.1) is 18.2 Å². The molecule has 8 heteroatoms. The quantitative estimate of drug-likeness (QED) is 0.461. The van der Waals surface area contributed by atoms with Crippen LogP contribution in [0.4, 0.5) is 0 Å². The highest BCUT2D eigenvalue weighted by atomic mass is 79.9. The summed E-state index contributed by atoms with van der Waals surface area (Å²) in [4.78, 5) is 17.2. The fourth-order valence-electron chi connectivity index (χ4n) is 2.53. The number of benzene rings is 2. The molecule has 6 nitrogen and oxygen atoms in total. The number of hydrogen-bond donors (Lipinski definition) is 0. The van der Waals surface area contributed by atoms with Crippen LogP contribution >= 0.6 is 27.5 Å².